The lowest BCUT2D eigenvalue weighted by atomic mass is 9.93. The van der Waals surface area contributed by atoms with Crippen molar-refractivity contribution in [1.82, 2.24) is 25.3 Å². The van der Waals surface area contributed by atoms with E-state index in [4.69, 9.17) is 4.42 Å². The third-order valence-electron chi connectivity index (χ3n) is 5.98. The van der Waals surface area contributed by atoms with Crippen molar-refractivity contribution in [3.05, 3.63) is 24.0 Å². The number of benzene rings is 1. The first kappa shape index (κ1) is 17.2. The van der Waals surface area contributed by atoms with E-state index in [1.165, 1.54) is 18.9 Å². The van der Waals surface area contributed by atoms with Crippen LogP contribution in [0.3, 0.4) is 0 Å². The van der Waals surface area contributed by atoms with Gasteiger partial charge in [0.05, 0.1) is 0 Å². The predicted molar refractivity (Wildman–Crippen MR) is 99.9 cm³/mol. The maximum absolute atomic E-state index is 13.8. The largest absolute Gasteiger partial charge is 0.402 e. The molecule has 2 aromatic heterocycles. The molecule has 0 radical (unpaired) electrons. The van der Waals surface area contributed by atoms with Crippen LogP contribution >= 0.6 is 0 Å². The molecule has 1 aromatic carbocycles. The lowest BCUT2D eigenvalue weighted by molar-refractivity contribution is -0.133. The van der Waals surface area contributed by atoms with Gasteiger partial charge in [-0.05, 0) is 44.1 Å². The minimum Gasteiger partial charge on any atom is -0.402 e. The Morgan fingerprint density at radius 2 is 2.07 bits per heavy atom. The summed E-state index contributed by atoms with van der Waals surface area (Å²) in [6.45, 7) is 3.41. The predicted octanol–water partition coefficient (Wildman–Crippen LogP) is 2.96. The Hall–Kier alpha value is -2.97. The van der Waals surface area contributed by atoms with Crippen LogP contribution in [0.25, 0.3) is 22.5 Å². The van der Waals surface area contributed by atoms with Gasteiger partial charge in [0.25, 0.3) is 5.89 Å². The Morgan fingerprint density at radius 3 is 2.82 bits per heavy atom. The monoisotopic (exact) mass is 384 g/mol. The average molecular weight is 384 g/mol. The second-order valence-corrected chi connectivity index (χ2v) is 7.84. The first-order chi connectivity index (χ1) is 13.5. The number of piperidine rings is 1. The topological polar surface area (TPSA) is 99.9 Å². The third-order valence-corrected chi connectivity index (χ3v) is 5.98. The molecule has 5 rings (SSSR count). The molecule has 9 heteroatoms. The summed E-state index contributed by atoms with van der Waals surface area (Å²) in [6.07, 6.45) is 4.80. The first-order valence-electron chi connectivity index (χ1n) is 9.56. The minimum absolute atomic E-state index is 0.0318. The van der Waals surface area contributed by atoms with Crippen LogP contribution in [0.15, 0.2) is 22.6 Å². The SMILES string of the molecule is C[C@H](Nc1nnc(-c2[nH]nc3c(F)cccc23)o1)C(=O)N1CCC2(CC1)CC2. The number of aromatic amines is 1. The Kier molecular flexibility index (Phi) is 3.85. The minimum atomic E-state index is -0.475. The summed E-state index contributed by atoms with van der Waals surface area (Å²) in [4.78, 5) is 14.6. The quantitative estimate of drug-likeness (QED) is 0.717. The fraction of sp³-hybridized carbons (Fsp3) is 0.474. The number of nitrogens with one attached hydrogen (secondary N) is 2. The first-order valence-corrected chi connectivity index (χ1v) is 9.56. The van der Waals surface area contributed by atoms with E-state index < -0.39 is 11.9 Å². The molecule has 1 spiro atoms. The van der Waals surface area contributed by atoms with Gasteiger partial charge in [-0.15, -0.1) is 5.10 Å². The number of halogens is 1. The normalized spacial score (nSPS) is 19.1. The van der Waals surface area contributed by atoms with Crippen LogP contribution in [-0.2, 0) is 4.79 Å². The molecule has 2 fully saturated rings. The molecule has 1 saturated carbocycles. The van der Waals surface area contributed by atoms with E-state index in [0.717, 1.165) is 25.9 Å². The molecule has 3 aromatic rings. The molecule has 2 N–H and O–H groups in total. The van der Waals surface area contributed by atoms with Crippen LogP contribution in [0.5, 0.6) is 0 Å². The van der Waals surface area contributed by atoms with E-state index in [1.807, 2.05) is 4.90 Å². The van der Waals surface area contributed by atoms with Crippen LogP contribution in [-0.4, -0.2) is 50.3 Å². The van der Waals surface area contributed by atoms with Crippen LogP contribution in [0.4, 0.5) is 10.4 Å². The number of rotatable bonds is 4. The molecule has 0 bridgehead atoms. The lowest BCUT2D eigenvalue weighted by Gasteiger charge is -2.33. The number of hydrogen-bond donors (Lipinski definition) is 2. The number of amides is 1. The van der Waals surface area contributed by atoms with Crippen LogP contribution in [0.2, 0.25) is 0 Å². The van der Waals surface area contributed by atoms with Gasteiger partial charge in [0, 0.05) is 18.5 Å². The molecule has 0 unspecified atom stereocenters. The number of carbonyl (C=O) groups excluding carboxylic acids is 1. The van der Waals surface area contributed by atoms with E-state index in [9.17, 15) is 9.18 Å². The molecule has 1 atom stereocenters. The van der Waals surface area contributed by atoms with Crippen LogP contribution in [0.1, 0.15) is 32.6 Å². The Bertz CT molecular complexity index is 1030. The fourth-order valence-corrected chi connectivity index (χ4v) is 3.95. The molecule has 1 amide bonds. The molecule has 3 heterocycles. The molecule has 1 aliphatic carbocycles. The summed E-state index contributed by atoms with van der Waals surface area (Å²) in [6, 6.07) is 4.33. The Labute approximate surface area is 160 Å². The van der Waals surface area contributed by atoms with Crippen molar-refractivity contribution in [3.63, 3.8) is 0 Å². The molecule has 1 aliphatic heterocycles. The zero-order valence-corrected chi connectivity index (χ0v) is 15.5. The van der Waals surface area contributed by atoms with Gasteiger partial charge >= 0.3 is 6.01 Å². The van der Waals surface area contributed by atoms with Gasteiger partial charge in [-0.1, -0.05) is 17.2 Å². The zero-order valence-electron chi connectivity index (χ0n) is 15.5. The zero-order chi connectivity index (χ0) is 19.3. The summed E-state index contributed by atoms with van der Waals surface area (Å²) in [5.41, 5.74) is 1.19. The molecule has 1 saturated heterocycles. The van der Waals surface area contributed by atoms with Crippen molar-refractivity contribution in [1.29, 1.82) is 0 Å². The molecular weight excluding hydrogens is 363 g/mol. The van der Waals surface area contributed by atoms with Crippen molar-refractivity contribution in [2.75, 3.05) is 18.4 Å². The molecule has 28 heavy (non-hydrogen) atoms. The lowest BCUT2D eigenvalue weighted by Crippen LogP contribution is -2.45. The van der Waals surface area contributed by atoms with Crippen molar-refractivity contribution in [2.24, 2.45) is 5.41 Å². The van der Waals surface area contributed by atoms with Crippen molar-refractivity contribution in [3.8, 4) is 11.6 Å². The van der Waals surface area contributed by atoms with Gasteiger partial charge < -0.3 is 14.6 Å². The van der Waals surface area contributed by atoms with E-state index >= 15 is 0 Å². The summed E-state index contributed by atoms with van der Waals surface area (Å²) in [5, 5.41) is 18.2. The van der Waals surface area contributed by atoms with Gasteiger partial charge in [-0.2, -0.15) is 5.10 Å². The number of anilines is 1. The highest BCUT2D eigenvalue weighted by Gasteiger charge is 2.45. The highest BCUT2D eigenvalue weighted by Crippen LogP contribution is 2.53. The molecular formula is C19H21FN6O2. The standard InChI is InChI=1S/C19H21FN6O2/c1-11(17(27)26-9-7-19(5-6-19)8-10-26)21-18-25-24-16(28-18)15-12-3-2-4-13(20)14(12)22-23-15/h2-4,11H,5-10H2,1H3,(H,21,25)(H,22,23)/t11-/m0/s1. The number of hydrogen-bond acceptors (Lipinski definition) is 6. The van der Waals surface area contributed by atoms with Crippen LogP contribution in [0, 0.1) is 11.2 Å². The second kappa shape index (κ2) is 6.29. The highest BCUT2D eigenvalue weighted by atomic mass is 19.1. The maximum atomic E-state index is 13.8. The highest BCUT2D eigenvalue weighted by molar-refractivity contribution is 5.91. The van der Waals surface area contributed by atoms with Gasteiger partial charge in [-0.3, -0.25) is 9.89 Å². The number of H-pyrrole nitrogens is 1. The summed E-state index contributed by atoms with van der Waals surface area (Å²) in [5.74, 6) is -0.209. The third kappa shape index (κ3) is 2.90. The summed E-state index contributed by atoms with van der Waals surface area (Å²) < 4.78 is 19.4. The van der Waals surface area contributed by atoms with Crippen molar-refractivity contribution < 1.29 is 13.6 Å². The van der Waals surface area contributed by atoms with E-state index in [-0.39, 0.29) is 23.3 Å². The fourth-order valence-electron chi connectivity index (χ4n) is 3.95. The number of fused-ring (bicyclic) bond motifs is 1. The van der Waals surface area contributed by atoms with Crippen molar-refractivity contribution in [2.45, 2.75) is 38.6 Å². The molecule has 146 valence electrons. The van der Waals surface area contributed by atoms with Gasteiger partial charge in [0.15, 0.2) is 5.82 Å². The summed E-state index contributed by atoms with van der Waals surface area (Å²) >= 11 is 0. The Balaban J connectivity index is 1.28. The number of likely N-dealkylation sites (tertiary alicyclic amines) is 1. The average Bonchev–Trinajstić information content (AvgIpc) is 3.10. The van der Waals surface area contributed by atoms with Gasteiger partial charge in [0.1, 0.15) is 17.3 Å². The number of para-hydroxylation sites is 1. The second-order valence-electron chi connectivity index (χ2n) is 7.84. The number of nitrogens with zero attached hydrogens (tertiary/aromatic N) is 4. The van der Waals surface area contributed by atoms with Crippen LogP contribution < -0.4 is 5.32 Å². The molecule has 2 aliphatic rings. The van der Waals surface area contributed by atoms with E-state index in [0.29, 0.717) is 16.5 Å². The number of carbonyl (C=O) groups is 1. The smallest absolute Gasteiger partial charge is 0.316 e. The van der Waals surface area contributed by atoms with Gasteiger partial charge in [0.2, 0.25) is 5.91 Å². The van der Waals surface area contributed by atoms with Gasteiger partial charge in [-0.25, -0.2) is 4.39 Å². The van der Waals surface area contributed by atoms with E-state index in [1.54, 1.807) is 19.1 Å². The summed E-state index contributed by atoms with van der Waals surface area (Å²) in [7, 11) is 0. The van der Waals surface area contributed by atoms with Crippen molar-refractivity contribution >= 4 is 22.8 Å². The Morgan fingerprint density at radius 1 is 1.29 bits per heavy atom. The molecule has 8 nitrogen and oxygen atoms in total. The maximum Gasteiger partial charge on any atom is 0.316 e. The number of aromatic nitrogens is 4. The van der Waals surface area contributed by atoms with E-state index in [2.05, 4.69) is 25.7 Å².